The van der Waals surface area contributed by atoms with Crippen molar-refractivity contribution in [1.82, 2.24) is 20.2 Å². The second kappa shape index (κ2) is 4.27. The van der Waals surface area contributed by atoms with Crippen molar-refractivity contribution < 1.29 is 5.11 Å². The van der Waals surface area contributed by atoms with Gasteiger partial charge in [0, 0.05) is 19.4 Å². The molecular formula is C7H12N4OS. The molecule has 1 N–H and O–H groups in total. The minimum atomic E-state index is 0.0435. The number of aryl methyl sites for hydroxylation is 1. The molecule has 1 rings (SSSR count). The summed E-state index contributed by atoms with van der Waals surface area (Å²) in [4.78, 5) is 0. The van der Waals surface area contributed by atoms with Crippen LogP contribution in [0.2, 0.25) is 0 Å². The van der Waals surface area contributed by atoms with E-state index in [1.54, 1.807) is 11.7 Å². The van der Waals surface area contributed by atoms with Gasteiger partial charge in [-0.05, 0) is 29.1 Å². The molecule has 0 aliphatic heterocycles. The number of aliphatic hydroxyl groups is 1. The fourth-order valence-corrected chi connectivity index (χ4v) is 1.24. The molecule has 1 aromatic heterocycles. The number of aliphatic hydroxyl groups excluding tert-OH is 1. The summed E-state index contributed by atoms with van der Waals surface area (Å²) in [6.07, 6.45) is 1.28. The highest BCUT2D eigenvalue weighted by atomic mass is 32.1. The molecule has 0 fully saturated rings. The van der Waals surface area contributed by atoms with Gasteiger partial charge in [0.05, 0.1) is 0 Å². The highest BCUT2D eigenvalue weighted by Crippen LogP contribution is 2.16. The molecule has 1 aromatic rings. The maximum Gasteiger partial charge on any atom is 0.156 e. The van der Waals surface area contributed by atoms with Crippen molar-refractivity contribution in [3.8, 4) is 0 Å². The Hall–Kier alpha value is -1.04. The molecule has 0 radical (unpaired) electrons. The summed E-state index contributed by atoms with van der Waals surface area (Å²) in [6.45, 7) is 2.00. The van der Waals surface area contributed by atoms with E-state index in [0.29, 0.717) is 6.42 Å². The van der Waals surface area contributed by atoms with Crippen molar-refractivity contribution in [2.45, 2.75) is 25.7 Å². The normalized spacial score (nSPS) is 12.8. The highest BCUT2D eigenvalue weighted by molar-refractivity contribution is 7.80. The van der Waals surface area contributed by atoms with Gasteiger partial charge in [-0.3, -0.25) is 0 Å². The number of hydrogen-bond acceptors (Lipinski definition) is 4. The SMILES string of the molecule is CC(CCC(O)=S)c1nnnn1C. The van der Waals surface area contributed by atoms with Crippen molar-refractivity contribution in [2.24, 2.45) is 7.05 Å². The number of nitrogens with zero attached hydrogens (tertiary/aromatic N) is 4. The maximum absolute atomic E-state index is 8.84. The molecular weight excluding hydrogens is 188 g/mol. The van der Waals surface area contributed by atoms with Crippen molar-refractivity contribution in [3.05, 3.63) is 5.82 Å². The van der Waals surface area contributed by atoms with Crippen LogP contribution in [0.3, 0.4) is 0 Å². The van der Waals surface area contributed by atoms with Crippen LogP contribution in [0.1, 0.15) is 31.5 Å². The lowest BCUT2D eigenvalue weighted by Crippen LogP contribution is -2.06. The number of tetrazole rings is 1. The predicted molar refractivity (Wildman–Crippen MR) is 51.7 cm³/mol. The molecule has 0 aromatic carbocycles. The van der Waals surface area contributed by atoms with Gasteiger partial charge in [-0.25, -0.2) is 4.68 Å². The summed E-state index contributed by atoms with van der Waals surface area (Å²) >= 11 is 4.57. The van der Waals surface area contributed by atoms with Gasteiger partial charge in [0.1, 0.15) is 0 Å². The molecule has 0 amide bonds. The van der Waals surface area contributed by atoms with Crippen molar-refractivity contribution in [2.75, 3.05) is 0 Å². The highest BCUT2D eigenvalue weighted by Gasteiger charge is 2.12. The molecule has 0 bridgehead atoms. The first-order valence-electron chi connectivity index (χ1n) is 4.05. The van der Waals surface area contributed by atoms with E-state index in [-0.39, 0.29) is 11.0 Å². The van der Waals surface area contributed by atoms with Crippen molar-refractivity contribution in [3.63, 3.8) is 0 Å². The van der Waals surface area contributed by atoms with E-state index in [2.05, 4.69) is 27.7 Å². The van der Waals surface area contributed by atoms with Crippen LogP contribution in [-0.2, 0) is 7.05 Å². The van der Waals surface area contributed by atoms with Crippen molar-refractivity contribution >= 4 is 17.3 Å². The van der Waals surface area contributed by atoms with Crippen LogP contribution in [0.15, 0.2) is 0 Å². The van der Waals surface area contributed by atoms with Crippen LogP contribution in [0.4, 0.5) is 0 Å². The predicted octanol–water partition coefficient (Wildman–Crippen LogP) is 0.979. The van der Waals surface area contributed by atoms with Crippen molar-refractivity contribution in [1.29, 1.82) is 0 Å². The Labute approximate surface area is 81.8 Å². The summed E-state index contributed by atoms with van der Waals surface area (Å²) in [5.74, 6) is 1.03. The molecule has 0 aliphatic rings. The molecule has 5 nitrogen and oxygen atoms in total. The van der Waals surface area contributed by atoms with Gasteiger partial charge in [0.15, 0.2) is 10.9 Å². The summed E-state index contributed by atoms with van der Waals surface area (Å²) in [5, 5.41) is 20.0. The van der Waals surface area contributed by atoms with Gasteiger partial charge in [0.25, 0.3) is 0 Å². The van der Waals surface area contributed by atoms with Gasteiger partial charge >= 0.3 is 0 Å². The monoisotopic (exact) mass is 200 g/mol. The lowest BCUT2D eigenvalue weighted by Gasteiger charge is -2.07. The molecule has 0 saturated carbocycles. The van der Waals surface area contributed by atoms with E-state index in [0.717, 1.165) is 12.2 Å². The van der Waals surface area contributed by atoms with Gasteiger partial charge in [-0.15, -0.1) is 5.10 Å². The molecule has 0 aliphatic carbocycles. The third-order valence-electron chi connectivity index (χ3n) is 1.88. The Bertz CT molecular complexity index is 298. The Morgan fingerprint density at radius 3 is 2.85 bits per heavy atom. The molecule has 1 unspecified atom stereocenters. The van der Waals surface area contributed by atoms with E-state index in [1.807, 2.05) is 6.92 Å². The first-order chi connectivity index (χ1) is 6.11. The molecule has 1 atom stereocenters. The van der Waals surface area contributed by atoms with E-state index in [4.69, 9.17) is 5.11 Å². The van der Waals surface area contributed by atoms with Crippen LogP contribution in [0.5, 0.6) is 0 Å². The molecule has 13 heavy (non-hydrogen) atoms. The van der Waals surface area contributed by atoms with E-state index >= 15 is 0 Å². The van der Waals surface area contributed by atoms with Crippen LogP contribution in [0, 0.1) is 0 Å². The topological polar surface area (TPSA) is 63.8 Å². The average Bonchev–Trinajstić information content (AvgIpc) is 2.47. The minimum absolute atomic E-state index is 0.0435. The van der Waals surface area contributed by atoms with E-state index in [9.17, 15) is 0 Å². The van der Waals surface area contributed by atoms with Gasteiger partial charge in [-0.1, -0.05) is 6.92 Å². The number of thiocarbonyl (C=S) groups is 1. The van der Waals surface area contributed by atoms with E-state index < -0.39 is 0 Å². The first kappa shape index (κ1) is 10.0. The fourth-order valence-electron chi connectivity index (χ4n) is 1.12. The summed E-state index contributed by atoms with van der Waals surface area (Å²) in [7, 11) is 1.79. The lowest BCUT2D eigenvalue weighted by atomic mass is 10.1. The Morgan fingerprint density at radius 1 is 1.69 bits per heavy atom. The molecule has 1 heterocycles. The maximum atomic E-state index is 8.84. The van der Waals surface area contributed by atoms with Crippen LogP contribution in [0.25, 0.3) is 0 Å². The molecule has 0 saturated heterocycles. The third kappa shape index (κ3) is 2.73. The smallest absolute Gasteiger partial charge is 0.156 e. The first-order valence-corrected chi connectivity index (χ1v) is 4.46. The Kier molecular flexibility index (Phi) is 3.30. The summed E-state index contributed by atoms with van der Waals surface area (Å²) in [6, 6.07) is 0. The fraction of sp³-hybridized carbons (Fsp3) is 0.714. The molecule has 0 spiro atoms. The molecule has 72 valence electrons. The molecule has 6 heteroatoms. The van der Waals surface area contributed by atoms with Gasteiger partial charge < -0.3 is 5.11 Å². The zero-order valence-electron chi connectivity index (χ0n) is 7.64. The third-order valence-corrected chi connectivity index (χ3v) is 2.09. The average molecular weight is 200 g/mol. The Morgan fingerprint density at radius 2 is 2.38 bits per heavy atom. The van der Waals surface area contributed by atoms with E-state index in [1.165, 1.54) is 0 Å². The summed E-state index contributed by atoms with van der Waals surface area (Å²) < 4.78 is 1.63. The minimum Gasteiger partial charge on any atom is -0.502 e. The van der Waals surface area contributed by atoms with Gasteiger partial charge in [0.2, 0.25) is 0 Å². The van der Waals surface area contributed by atoms with Crippen LogP contribution >= 0.6 is 12.2 Å². The Balaban J connectivity index is 2.53. The largest absolute Gasteiger partial charge is 0.502 e. The number of hydrogen-bond donors (Lipinski definition) is 1. The standard InChI is InChI=1S/C7H12N4OS/c1-5(3-4-6(12)13)7-8-9-10-11(7)2/h5H,3-4H2,1-2H3,(H,12,13). The lowest BCUT2D eigenvalue weighted by molar-refractivity contribution is 0.524. The second-order valence-electron chi connectivity index (χ2n) is 2.99. The van der Waals surface area contributed by atoms with Crippen LogP contribution < -0.4 is 0 Å². The zero-order chi connectivity index (χ0) is 9.84. The number of rotatable bonds is 4. The quantitative estimate of drug-likeness (QED) is 0.734. The zero-order valence-corrected chi connectivity index (χ0v) is 8.45. The number of aromatic nitrogens is 4. The van der Waals surface area contributed by atoms with Crippen LogP contribution in [-0.4, -0.2) is 30.4 Å². The summed E-state index contributed by atoms with van der Waals surface area (Å²) in [5.41, 5.74) is 0. The van der Waals surface area contributed by atoms with Gasteiger partial charge in [-0.2, -0.15) is 0 Å². The second-order valence-corrected chi connectivity index (χ2v) is 3.47.